The van der Waals surface area contributed by atoms with Gasteiger partial charge in [0, 0.05) is 25.8 Å². The number of likely N-dealkylation sites (tertiary alicyclic amines) is 1. The summed E-state index contributed by atoms with van der Waals surface area (Å²) in [4.78, 5) is 16.4. The van der Waals surface area contributed by atoms with Crippen LogP contribution in [0.25, 0.3) is 0 Å². The van der Waals surface area contributed by atoms with E-state index in [4.69, 9.17) is 4.74 Å². The number of rotatable bonds is 3. The maximum atomic E-state index is 12.2. The number of amides is 1. The molecule has 19 heavy (non-hydrogen) atoms. The van der Waals surface area contributed by atoms with Crippen LogP contribution in [0.2, 0.25) is 0 Å². The van der Waals surface area contributed by atoms with Crippen molar-refractivity contribution in [2.24, 2.45) is 0 Å². The summed E-state index contributed by atoms with van der Waals surface area (Å²) in [6.07, 6.45) is 4.02. The summed E-state index contributed by atoms with van der Waals surface area (Å²) < 4.78 is 5.53. The number of hydrogen-bond donors (Lipinski definition) is 1. The number of carbonyl (C=O) groups is 1. The highest BCUT2D eigenvalue weighted by atomic mass is 16.5. The first-order valence-corrected chi connectivity index (χ1v) is 6.93. The van der Waals surface area contributed by atoms with E-state index >= 15 is 0 Å². The van der Waals surface area contributed by atoms with Gasteiger partial charge >= 0.3 is 0 Å². The SMILES string of the molecule is O=C(CN1CCOCC1c1ccn[nH]1)N1CCCC1. The molecule has 1 N–H and O–H groups in total. The second kappa shape index (κ2) is 5.71. The third-order valence-electron chi connectivity index (χ3n) is 3.92. The normalized spacial score (nSPS) is 24.8. The number of aromatic nitrogens is 2. The van der Waals surface area contributed by atoms with E-state index in [0.29, 0.717) is 19.8 Å². The van der Waals surface area contributed by atoms with Crippen molar-refractivity contribution in [3.63, 3.8) is 0 Å². The molecule has 1 amide bonds. The van der Waals surface area contributed by atoms with Gasteiger partial charge in [0.2, 0.25) is 5.91 Å². The van der Waals surface area contributed by atoms with E-state index in [1.807, 2.05) is 11.0 Å². The topological polar surface area (TPSA) is 61.5 Å². The highest BCUT2D eigenvalue weighted by Crippen LogP contribution is 2.22. The largest absolute Gasteiger partial charge is 0.378 e. The molecule has 1 atom stereocenters. The number of ether oxygens (including phenoxy) is 1. The van der Waals surface area contributed by atoms with Gasteiger partial charge in [-0.15, -0.1) is 0 Å². The molecule has 3 heterocycles. The van der Waals surface area contributed by atoms with Gasteiger partial charge in [0.25, 0.3) is 0 Å². The number of nitrogens with one attached hydrogen (secondary N) is 1. The monoisotopic (exact) mass is 264 g/mol. The number of morpholine rings is 1. The van der Waals surface area contributed by atoms with Gasteiger partial charge in [0.15, 0.2) is 0 Å². The molecule has 0 saturated carbocycles. The standard InChI is InChI=1S/C13H20N4O2/c18-13(16-5-1-2-6-16)9-17-7-8-19-10-12(17)11-3-4-14-15-11/h3-4,12H,1-2,5-10H2,(H,14,15). The molecule has 0 spiro atoms. The number of H-pyrrole nitrogens is 1. The Morgan fingerprint density at radius 3 is 3.00 bits per heavy atom. The maximum absolute atomic E-state index is 12.2. The van der Waals surface area contributed by atoms with E-state index in [9.17, 15) is 4.79 Å². The molecule has 2 aliphatic rings. The van der Waals surface area contributed by atoms with Gasteiger partial charge in [-0.1, -0.05) is 0 Å². The van der Waals surface area contributed by atoms with Gasteiger partial charge in [0.1, 0.15) is 0 Å². The van der Waals surface area contributed by atoms with Crippen LogP contribution in [0.4, 0.5) is 0 Å². The lowest BCUT2D eigenvalue weighted by atomic mass is 10.1. The fourth-order valence-electron chi connectivity index (χ4n) is 2.81. The van der Waals surface area contributed by atoms with Crippen LogP contribution in [0.1, 0.15) is 24.6 Å². The molecule has 6 nitrogen and oxygen atoms in total. The van der Waals surface area contributed by atoms with Crippen LogP contribution in [-0.4, -0.2) is 65.3 Å². The van der Waals surface area contributed by atoms with Crippen LogP contribution in [0.5, 0.6) is 0 Å². The van der Waals surface area contributed by atoms with E-state index in [2.05, 4.69) is 15.1 Å². The molecule has 0 radical (unpaired) electrons. The smallest absolute Gasteiger partial charge is 0.236 e. The van der Waals surface area contributed by atoms with Crippen LogP contribution in [0, 0.1) is 0 Å². The second-order valence-electron chi connectivity index (χ2n) is 5.16. The summed E-state index contributed by atoms with van der Waals surface area (Å²) in [6.45, 7) is 4.42. The van der Waals surface area contributed by atoms with Gasteiger partial charge in [-0.3, -0.25) is 14.8 Å². The first-order chi connectivity index (χ1) is 9.34. The average Bonchev–Trinajstić information content (AvgIpc) is 3.13. The Morgan fingerprint density at radius 2 is 2.26 bits per heavy atom. The molecule has 0 aromatic carbocycles. The molecular formula is C13H20N4O2. The zero-order valence-electron chi connectivity index (χ0n) is 11.0. The van der Waals surface area contributed by atoms with Gasteiger partial charge in [-0.05, 0) is 18.9 Å². The zero-order chi connectivity index (χ0) is 13.1. The van der Waals surface area contributed by atoms with Crippen molar-refractivity contribution in [2.45, 2.75) is 18.9 Å². The van der Waals surface area contributed by atoms with Crippen molar-refractivity contribution < 1.29 is 9.53 Å². The average molecular weight is 264 g/mol. The highest BCUT2D eigenvalue weighted by Gasteiger charge is 2.29. The highest BCUT2D eigenvalue weighted by molar-refractivity contribution is 5.78. The summed E-state index contributed by atoms with van der Waals surface area (Å²) in [5.41, 5.74) is 1.02. The lowest BCUT2D eigenvalue weighted by Gasteiger charge is -2.35. The molecule has 6 heteroatoms. The van der Waals surface area contributed by atoms with Crippen LogP contribution in [0.3, 0.4) is 0 Å². The third-order valence-corrected chi connectivity index (χ3v) is 3.92. The predicted molar refractivity (Wildman–Crippen MR) is 69.5 cm³/mol. The van der Waals surface area contributed by atoms with Gasteiger partial charge in [-0.25, -0.2) is 0 Å². The van der Waals surface area contributed by atoms with Crippen molar-refractivity contribution in [3.05, 3.63) is 18.0 Å². The second-order valence-corrected chi connectivity index (χ2v) is 5.16. The molecule has 0 aliphatic carbocycles. The molecule has 1 aromatic heterocycles. The molecular weight excluding hydrogens is 244 g/mol. The van der Waals surface area contributed by atoms with Crippen molar-refractivity contribution in [1.82, 2.24) is 20.0 Å². The van der Waals surface area contributed by atoms with Gasteiger partial charge < -0.3 is 9.64 Å². The fraction of sp³-hybridized carbons (Fsp3) is 0.692. The summed E-state index contributed by atoms with van der Waals surface area (Å²) in [6, 6.07) is 2.06. The summed E-state index contributed by atoms with van der Waals surface area (Å²) >= 11 is 0. The molecule has 2 aliphatic heterocycles. The Balaban J connectivity index is 1.65. The van der Waals surface area contributed by atoms with E-state index in [0.717, 1.165) is 38.2 Å². The molecule has 2 fully saturated rings. The van der Waals surface area contributed by atoms with E-state index in [1.165, 1.54) is 0 Å². The Hall–Kier alpha value is -1.40. The minimum absolute atomic E-state index is 0.114. The summed E-state index contributed by atoms with van der Waals surface area (Å²) in [7, 11) is 0. The minimum Gasteiger partial charge on any atom is -0.378 e. The summed E-state index contributed by atoms with van der Waals surface area (Å²) in [5, 5.41) is 6.97. The van der Waals surface area contributed by atoms with Crippen LogP contribution in [-0.2, 0) is 9.53 Å². The zero-order valence-corrected chi connectivity index (χ0v) is 11.0. The van der Waals surface area contributed by atoms with E-state index in [-0.39, 0.29) is 11.9 Å². The van der Waals surface area contributed by atoms with E-state index < -0.39 is 0 Å². The van der Waals surface area contributed by atoms with Crippen molar-refractivity contribution in [2.75, 3.05) is 39.4 Å². The Morgan fingerprint density at radius 1 is 1.42 bits per heavy atom. The number of nitrogens with zero attached hydrogens (tertiary/aromatic N) is 3. The van der Waals surface area contributed by atoms with Crippen LogP contribution in [0.15, 0.2) is 12.3 Å². The lowest BCUT2D eigenvalue weighted by Crippen LogP contribution is -2.46. The lowest BCUT2D eigenvalue weighted by molar-refractivity contribution is -0.133. The van der Waals surface area contributed by atoms with Crippen molar-refractivity contribution in [1.29, 1.82) is 0 Å². The predicted octanol–water partition coefficient (Wildman–Crippen LogP) is 0.405. The number of carbonyl (C=O) groups excluding carboxylic acids is 1. The first kappa shape index (κ1) is 12.6. The molecule has 0 bridgehead atoms. The quantitative estimate of drug-likeness (QED) is 0.858. The van der Waals surface area contributed by atoms with Crippen molar-refractivity contribution >= 4 is 5.91 Å². The maximum Gasteiger partial charge on any atom is 0.236 e. The summed E-state index contributed by atoms with van der Waals surface area (Å²) in [5.74, 6) is 0.240. The molecule has 1 unspecified atom stereocenters. The molecule has 2 saturated heterocycles. The van der Waals surface area contributed by atoms with Crippen LogP contribution >= 0.6 is 0 Å². The van der Waals surface area contributed by atoms with Crippen LogP contribution < -0.4 is 0 Å². The number of hydrogen-bond acceptors (Lipinski definition) is 4. The Bertz CT molecular complexity index is 414. The number of aromatic amines is 1. The first-order valence-electron chi connectivity index (χ1n) is 6.93. The molecule has 3 rings (SSSR count). The van der Waals surface area contributed by atoms with Gasteiger partial charge in [0.05, 0.1) is 31.5 Å². The van der Waals surface area contributed by atoms with Crippen molar-refractivity contribution in [3.8, 4) is 0 Å². The van der Waals surface area contributed by atoms with Gasteiger partial charge in [-0.2, -0.15) is 5.10 Å². The minimum atomic E-state index is 0.114. The Kier molecular flexibility index (Phi) is 3.79. The molecule has 104 valence electrons. The van der Waals surface area contributed by atoms with E-state index in [1.54, 1.807) is 6.20 Å². The molecule has 1 aromatic rings. The fourth-order valence-corrected chi connectivity index (χ4v) is 2.81. The third kappa shape index (κ3) is 2.79. The Labute approximate surface area is 112 Å².